The molecule has 0 aromatic heterocycles. The van der Waals surface area contributed by atoms with Crippen LogP contribution in [0.2, 0.25) is 5.02 Å². The molecule has 1 atom stereocenters. The number of rotatable bonds is 7. The van der Waals surface area contributed by atoms with Gasteiger partial charge >= 0.3 is 0 Å². The van der Waals surface area contributed by atoms with Gasteiger partial charge in [-0.25, -0.2) is 13.1 Å². The van der Waals surface area contributed by atoms with Crippen LogP contribution >= 0.6 is 11.6 Å². The molecule has 1 rings (SSSR count). The van der Waals surface area contributed by atoms with E-state index in [4.69, 9.17) is 21.4 Å². The fourth-order valence-corrected chi connectivity index (χ4v) is 3.16. The summed E-state index contributed by atoms with van der Waals surface area (Å²) in [6.07, 6.45) is -0.223. The number of hydrogen-bond donors (Lipinski definition) is 2. The van der Waals surface area contributed by atoms with E-state index in [2.05, 4.69) is 4.72 Å². The topological polar surface area (TPSA) is 75.6 Å². The number of nitrogens with one attached hydrogen (secondary N) is 1. The van der Waals surface area contributed by atoms with E-state index in [-0.39, 0.29) is 29.2 Å². The molecule has 5 nitrogen and oxygen atoms in total. The third-order valence-electron chi connectivity index (χ3n) is 2.48. The molecule has 0 heterocycles. The first-order chi connectivity index (χ1) is 8.90. The van der Waals surface area contributed by atoms with Gasteiger partial charge in [0, 0.05) is 13.2 Å². The van der Waals surface area contributed by atoms with E-state index in [1.165, 1.54) is 12.1 Å². The van der Waals surface area contributed by atoms with Crippen LogP contribution in [-0.2, 0) is 21.4 Å². The Kier molecular flexibility index (Phi) is 6.22. The van der Waals surface area contributed by atoms with Crippen LogP contribution in [0.25, 0.3) is 0 Å². The zero-order chi connectivity index (χ0) is 14.5. The maximum atomic E-state index is 12.1. The highest BCUT2D eigenvalue weighted by Crippen LogP contribution is 2.22. The van der Waals surface area contributed by atoms with E-state index in [1.807, 2.05) is 6.92 Å². The third-order valence-corrected chi connectivity index (χ3v) is 4.38. The minimum absolute atomic E-state index is 0.0376. The number of ether oxygens (including phenoxy) is 1. The van der Waals surface area contributed by atoms with Crippen molar-refractivity contribution in [1.82, 2.24) is 4.72 Å². The summed E-state index contributed by atoms with van der Waals surface area (Å²) in [5.74, 6) is 0. The van der Waals surface area contributed by atoms with Crippen LogP contribution in [-0.4, -0.2) is 32.8 Å². The zero-order valence-electron chi connectivity index (χ0n) is 10.9. The van der Waals surface area contributed by atoms with Gasteiger partial charge in [-0.2, -0.15) is 0 Å². The lowest BCUT2D eigenvalue weighted by Crippen LogP contribution is -2.32. The van der Waals surface area contributed by atoms with Gasteiger partial charge in [-0.3, -0.25) is 0 Å². The number of hydrogen-bond acceptors (Lipinski definition) is 4. The van der Waals surface area contributed by atoms with Crippen LogP contribution in [0.3, 0.4) is 0 Å². The standard InChI is InChI=1S/C12H18ClNO4S/c1-3-18-9(2)7-14-19(16,17)12-6-10(8-15)4-5-11(12)13/h4-6,9,14-15H,3,7-8H2,1-2H3. The van der Waals surface area contributed by atoms with Crippen LogP contribution in [0, 0.1) is 0 Å². The van der Waals surface area contributed by atoms with Crippen molar-refractivity contribution in [2.24, 2.45) is 0 Å². The van der Waals surface area contributed by atoms with Crippen molar-refractivity contribution in [3.63, 3.8) is 0 Å². The summed E-state index contributed by atoms with van der Waals surface area (Å²) >= 11 is 5.88. The Bertz CT molecular complexity index is 518. The quantitative estimate of drug-likeness (QED) is 0.801. The summed E-state index contributed by atoms with van der Waals surface area (Å²) in [7, 11) is -3.71. The highest BCUT2D eigenvalue weighted by atomic mass is 35.5. The first-order valence-corrected chi connectivity index (χ1v) is 7.77. The molecule has 19 heavy (non-hydrogen) atoms. The molecule has 0 aliphatic heterocycles. The van der Waals surface area contributed by atoms with Gasteiger partial charge in [0.15, 0.2) is 0 Å². The van der Waals surface area contributed by atoms with Gasteiger partial charge in [-0.1, -0.05) is 17.7 Å². The Hall–Kier alpha value is -0.660. The Morgan fingerprint density at radius 2 is 2.16 bits per heavy atom. The summed E-state index contributed by atoms with van der Waals surface area (Å²) < 4.78 is 31.9. The third kappa shape index (κ3) is 4.74. The molecular weight excluding hydrogens is 290 g/mol. The number of aliphatic hydroxyl groups is 1. The Morgan fingerprint density at radius 1 is 1.47 bits per heavy atom. The Labute approximate surface area is 118 Å². The molecular formula is C12H18ClNO4S. The molecule has 0 spiro atoms. The second kappa shape index (κ2) is 7.21. The van der Waals surface area contributed by atoms with Crippen molar-refractivity contribution in [3.05, 3.63) is 28.8 Å². The first kappa shape index (κ1) is 16.4. The van der Waals surface area contributed by atoms with Gasteiger partial charge in [-0.15, -0.1) is 0 Å². The average Bonchev–Trinajstić information content (AvgIpc) is 2.37. The monoisotopic (exact) mass is 307 g/mol. The van der Waals surface area contributed by atoms with Gasteiger partial charge in [0.1, 0.15) is 4.90 Å². The second-order valence-corrected chi connectivity index (χ2v) is 6.18. The van der Waals surface area contributed by atoms with Crippen LogP contribution < -0.4 is 4.72 Å². The number of sulfonamides is 1. The van der Waals surface area contributed by atoms with Crippen LogP contribution in [0.15, 0.2) is 23.1 Å². The lowest BCUT2D eigenvalue weighted by atomic mass is 10.2. The van der Waals surface area contributed by atoms with E-state index in [0.717, 1.165) is 0 Å². The minimum Gasteiger partial charge on any atom is -0.392 e. The maximum absolute atomic E-state index is 12.1. The fraction of sp³-hybridized carbons (Fsp3) is 0.500. The SMILES string of the molecule is CCOC(C)CNS(=O)(=O)c1cc(CO)ccc1Cl. The van der Waals surface area contributed by atoms with E-state index in [0.29, 0.717) is 12.2 Å². The van der Waals surface area contributed by atoms with Crippen molar-refractivity contribution in [2.45, 2.75) is 31.5 Å². The highest BCUT2D eigenvalue weighted by Gasteiger charge is 2.19. The Balaban J connectivity index is 2.88. The predicted molar refractivity (Wildman–Crippen MR) is 73.7 cm³/mol. The van der Waals surface area contributed by atoms with Gasteiger partial charge in [0.2, 0.25) is 10.0 Å². The molecule has 0 fully saturated rings. The Morgan fingerprint density at radius 3 is 2.74 bits per heavy atom. The van der Waals surface area contributed by atoms with Crippen molar-refractivity contribution in [1.29, 1.82) is 0 Å². The van der Waals surface area contributed by atoms with Crippen LogP contribution in [0.4, 0.5) is 0 Å². The molecule has 0 saturated carbocycles. The van der Waals surface area contributed by atoms with Crippen LogP contribution in [0.1, 0.15) is 19.4 Å². The normalized spacial score (nSPS) is 13.5. The molecule has 0 bridgehead atoms. The average molecular weight is 308 g/mol. The summed E-state index contributed by atoms with van der Waals surface area (Å²) in [4.78, 5) is -0.0376. The van der Waals surface area contributed by atoms with Crippen LogP contribution in [0.5, 0.6) is 0 Å². The van der Waals surface area contributed by atoms with E-state index < -0.39 is 10.0 Å². The summed E-state index contributed by atoms with van der Waals surface area (Å²) in [5.41, 5.74) is 0.489. The van der Waals surface area contributed by atoms with E-state index >= 15 is 0 Å². The molecule has 1 unspecified atom stereocenters. The molecule has 0 aliphatic rings. The molecule has 108 valence electrons. The zero-order valence-corrected chi connectivity index (χ0v) is 12.5. The van der Waals surface area contributed by atoms with E-state index in [9.17, 15) is 8.42 Å². The summed E-state index contributed by atoms with van der Waals surface area (Å²) in [5, 5.41) is 9.15. The lowest BCUT2D eigenvalue weighted by molar-refractivity contribution is 0.0799. The smallest absolute Gasteiger partial charge is 0.242 e. The van der Waals surface area contributed by atoms with Gasteiger partial charge in [0.05, 0.1) is 17.7 Å². The molecule has 2 N–H and O–H groups in total. The molecule has 0 saturated heterocycles. The predicted octanol–water partition coefficient (Wildman–Crippen LogP) is 1.54. The largest absolute Gasteiger partial charge is 0.392 e. The summed E-state index contributed by atoms with van der Waals surface area (Å²) in [6.45, 7) is 4.05. The molecule has 7 heteroatoms. The number of aliphatic hydroxyl groups excluding tert-OH is 1. The summed E-state index contributed by atoms with van der Waals surface area (Å²) in [6, 6.07) is 4.38. The second-order valence-electron chi connectivity index (χ2n) is 4.04. The van der Waals surface area contributed by atoms with Crippen molar-refractivity contribution in [3.8, 4) is 0 Å². The van der Waals surface area contributed by atoms with Crippen molar-refractivity contribution >= 4 is 21.6 Å². The van der Waals surface area contributed by atoms with Crippen molar-refractivity contribution in [2.75, 3.05) is 13.2 Å². The molecule has 1 aromatic rings. The highest BCUT2D eigenvalue weighted by molar-refractivity contribution is 7.89. The van der Waals surface area contributed by atoms with Gasteiger partial charge in [0.25, 0.3) is 0 Å². The maximum Gasteiger partial charge on any atom is 0.242 e. The van der Waals surface area contributed by atoms with E-state index in [1.54, 1.807) is 13.0 Å². The molecule has 0 amide bonds. The number of halogens is 1. The van der Waals surface area contributed by atoms with Gasteiger partial charge < -0.3 is 9.84 Å². The minimum atomic E-state index is -3.71. The molecule has 0 aliphatic carbocycles. The number of benzene rings is 1. The fourth-order valence-electron chi connectivity index (χ4n) is 1.50. The molecule has 0 radical (unpaired) electrons. The molecule has 1 aromatic carbocycles. The van der Waals surface area contributed by atoms with Gasteiger partial charge in [-0.05, 0) is 31.5 Å². The van der Waals surface area contributed by atoms with Crippen molar-refractivity contribution < 1.29 is 18.3 Å². The lowest BCUT2D eigenvalue weighted by Gasteiger charge is -2.14. The first-order valence-electron chi connectivity index (χ1n) is 5.91.